The summed E-state index contributed by atoms with van der Waals surface area (Å²) >= 11 is 0. The molecule has 0 spiro atoms. The van der Waals surface area contributed by atoms with Crippen LogP contribution >= 0.6 is 0 Å². The number of fused-ring (bicyclic) bond motifs is 2. The molecule has 5 nitrogen and oxygen atoms in total. The van der Waals surface area contributed by atoms with Crippen molar-refractivity contribution in [2.75, 3.05) is 34.4 Å². The van der Waals surface area contributed by atoms with E-state index in [4.69, 9.17) is 14.3 Å². The molecule has 5 heteroatoms. The van der Waals surface area contributed by atoms with E-state index < -0.39 is 0 Å². The Labute approximate surface area is 154 Å². The van der Waals surface area contributed by atoms with Gasteiger partial charge in [-0.05, 0) is 31.8 Å². The Bertz CT molecular complexity index is 819. The average Bonchev–Trinajstić information content (AvgIpc) is 3.40. The second-order valence-electron chi connectivity index (χ2n) is 7.06. The van der Waals surface area contributed by atoms with Crippen molar-refractivity contribution in [3.8, 4) is 11.5 Å². The van der Waals surface area contributed by atoms with E-state index in [1.54, 1.807) is 7.11 Å². The van der Waals surface area contributed by atoms with Crippen LogP contribution in [-0.2, 0) is 10.4 Å². The summed E-state index contributed by atoms with van der Waals surface area (Å²) in [6.07, 6.45) is 0.894. The minimum Gasteiger partial charge on any atom is -0.496 e. The van der Waals surface area contributed by atoms with E-state index in [0.717, 1.165) is 35.7 Å². The molecule has 2 aromatic rings. The Morgan fingerprint density at radius 1 is 1.15 bits per heavy atom. The summed E-state index contributed by atoms with van der Waals surface area (Å²) in [5, 5.41) is 4.53. The molecule has 0 amide bonds. The fraction of sp³-hybridized carbons (Fsp3) is 0.381. The third-order valence-corrected chi connectivity index (χ3v) is 5.05. The van der Waals surface area contributed by atoms with Gasteiger partial charge < -0.3 is 19.2 Å². The van der Waals surface area contributed by atoms with Crippen LogP contribution in [0.2, 0.25) is 0 Å². The number of ether oxygens (including phenoxy) is 2. The summed E-state index contributed by atoms with van der Waals surface area (Å²) in [5.74, 6) is 1.75. The summed E-state index contributed by atoms with van der Waals surface area (Å²) in [6, 6.07) is 16.2. The molecule has 1 saturated carbocycles. The largest absolute Gasteiger partial charge is 0.496 e. The summed E-state index contributed by atoms with van der Waals surface area (Å²) < 4.78 is 12.0. The van der Waals surface area contributed by atoms with Crippen LogP contribution in [0.3, 0.4) is 0 Å². The van der Waals surface area contributed by atoms with Crippen molar-refractivity contribution in [2.45, 2.75) is 12.0 Å². The van der Waals surface area contributed by atoms with Gasteiger partial charge >= 0.3 is 0 Å². The molecule has 2 aromatic carbocycles. The van der Waals surface area contributed by atoms with Crippen molar-refractivity contribution in [1.29, 1.82) is 0 Å². The SMILES string of the molecule is COc1cccc2c1C(=NOCCN(C)C)C1CC1(c1ccccc1)O2. The lowest BCUT2D eigenvalue weighted by Crippen LogP contribution is -2.29. The van der Waals surface area contributed by atoms with E-state index in [9.17, 15) is 0 Å². The molecule has 26 heavy (non-hydrogen) atoms. The fourth-order valence-corrected chi connectivity index (χ4v) is 3.61. The first-order valence-electron chi connectivity index (χ1n) is 8.92. The van der Waals surface area contributed by atoms with E-state index in [-0.39, 0.29) is 11.5 Å². The van der Waals surface area contributed by atoms with Gasteiger partial charge in [0.2, 0.25) is 0 Å². The van der Waals surface area contributed by atoms with Crippen LogP contribution in [0, 0.1) is 5.92 Å². The second-order valence-corrected chi connectivity index (χ2v) is 7.06. The molecule has 2 unspecified atom stereocenters. The molecule has 2 atom stereocenters. The quantitative estimate of drug-likeness (QED) is 0.591. The molecular formula is C21H24N2O3. The van der Waals surface area contributed by atoms with Gasteiger partial charge in [-0.3, -0.25) is 0 Å². The molecular weight excluding hydrogens is 328 g/mol. The maximum Gasteiger partial charge on any atom is 0.143 e. The highest BCUT2D eigenvalue weighted by Gasteiger charge is 2.64. The van der Waals surface area contributed by atoms with E-state index in [1.807, 2.05) is 50.5 Å². The zero-order chi connectivity index (χ0) is 18.1. The highest BCUT2D eigenvalue weighted by Crippen LogP contribution is 2.61. The van der Waals surface area contributed by atoms with Crippen molar-refractivity contribution in [3.63, 3.8) is 0 Å². The van der Waals surface area contributed by atoms with Crippen LogP contribution < -0.4 is 9.47 Å². The van der Waals surface area contributed by atoms with Crippen LogP contribution in [0.5, 0.6) is 11.5 Å². The van der Waals surface area contributed by atoms with Gasteiger partial charge in [0.1, 0.15) is 29.4 Å². The Hall–Kier alpha value is -2.53. The van der Waals surface area contributed by atoms with Gasteiger partial charge in [-0.15, -0.1) is 0 Å². The Morgan fingerprint density at radius 2 is 1.96 bits per heavy atom. The van der Waals surface area contributed by atoms with Crippen LogP contribution in [0.15, 0.2) is 53.7 Å². The first-order valence-corrected chi connectivity index (χ1v) is 8.92. The summed E-state index contributed by atoms with van der Waals surface area (Å²) in [6.45, 7) is 1.37. The van der Waals surface area contributed by atoms with Crippen LogP contribution in [0.4, 0.5) is 0 Å². The number of rotatable bonds is 6. The van der Waals surface area contributed by atoms with E-state index in [0.29, 0.717) is 6.61 Å². The normalized spacial score (nSPS) is 24.6. The monoisotopic (exact) mass is 352 g/mol. The minimum absolute atomic E-state index is 0.174. The maximum absolute atomic E-state index is 6.47. The summed E-state index contributed by atoms with van der Waals surface area (Å²) in [7, 11) is 5.71. The van der Waals surface area contributed by atoms with Gasteiger partial charge in [-0.2, -0.15) is 0 Å². The second kappa shape index (κ2) is 6.65. The first-order chi connectivity index (χ1) is 12.7. The molecule has 0 saturated heterocycles. The molecule has 0 aromatic heterocycles. The van der Waals surface area contributed by atoms with Gasteiger partial charge in [-0.1, -0.05) is 41.6 Å². The molecule has 1 heterocycles. The predicted molar refractivity (Wildman–Crippen MR) is 101 cm³/mol. The third kappa shape index (κ3) is 2.82. The molecule has 4 rings (SSSR count). The van der Waals surface area contributed by atoms with E-state index in [1.165, 1.54) is 5.56 Å². The Balaban J connectivity index is 1.71. The lowest BCUT2D eigenvalue weighted by Gasteiger charge is -2.28. The molecule has 2 aliphatic rings. The zero-order valence-corrected chi connectivity index (χ0v) is 15.4. The summed E-state index contributed by atoms with van der Waals surface area (Å²) in [5.41, 5.74) is 2.67. The molecule has 136 valence electrons. The lowest BCUT2D eigenvalue weighted by atomic mass is 9.95. The van der Waals surface area contributed by atoms with Gasteiger partial charge in [0.05, 0.1) is 18.6 Å². The molecule has 1 aliphatic heterocycles. The fourth-order valence-electron chi connectivity index (χ4n) is 3.61. The minimum atomic E-state index is -0.343. The van der Waals surface area contributed by atoms with Crippen LogP contribution in [-0.4, -0.2) is 45.0 Å². The lowest BCUT2D eigenvalue weighted by molar-refractivity contribution is 0.121. The number of methoxy groups -OCH3 is 1. The van der Waals surface area contributed by atoms with Crippen molar-refractivity contribution >= 4 is 5.71 Å². The van der Waals surface area contributed by atoms with Gasteiger partial charge in [0, 0.05) is 13.0 Å². The Morgan fingerprint density at radius 3 is 2.69 bits per heavy atom. The smallest absolute Gasteiger partial charge is 0.143 e. The molecule has 0 N–H and O–H groups in total. The standard InChI is InChI=1S/C21H24N2O3/c1-23(2)12-13-25-22-20-16-14-21(16,15-8-5-4-6-9-15)26-18-11-7-10-17(24-3)19(18)20/h4-11,16H,12-14H2,1-3H3. The third-order valence-electron chi connectivity index (χ3n) is 5.05. The Kier molecular flexibility index (Phi) is 4.32. The molecule has 1 fully saturated rings. The predicted octanol–water partition coefficient (Wildman–Crippen LogP) is 3.29. The van der Waals surface area contributed by atoms with Gasteiger partial charge in [0.15, 0.2) is 0 Å². The van der Waals surface area contributed by atoms with Crippen molar-refractivity contribution in [1.82, 2.24) is 4.90 Å². The average molecular weight is 352 g/mol. The number of benzene rings is 2. The number of hydrogen-bond acceptors (Lipinski definition) is 5. The molecule has 0 bridgehead atoms. The summed E-state index contributed by atoms with van der Waals surface area (Å²) in [4.78, 5) is 7.73. The van der Waals surface area contributed by atoms with Crippen LogP contribution in [0.1, 0.15) is 17.5 Å². The first kappa shape index (κ1) is 16.9. The molecule has 0 radical (unpaired) electrons. The number of nitrogens with zero attached hydrogens (tertiary/aromatic N) is 2. The van der Waals surface area contributed by atoms with Crippen LogP contribution in [0.25, 0.3) is 0 Å². The highest BCUT2D eigenvalue weighted by atomic mass is 16.6. The van der Waals surface area contributed by atoms with Gasteiger partial charge in [0.25, 0.3) is 0 Å². The van der Waals surface area contributed by atoms with Crippen molar-refractivity contribution < 1.29 is 14.3 Å². The maximum atomic E-state index is 6.47. The van der Waals surface area contributed by atoms with Gasteiger partial charge in [-0.25, -0.2) is 0 Å². The number of likely N-dealkylation sites (N-methyl/N-ethyl adjacent to an activating group) is 1. The zero-order valence-electron chi connectivity index (χ0n) is 15.4. The van der Waals surface area contributed by atoms with E-state index >= 15 is 0 Å². The number of oxime groups is 1. The number of hydrogen-bond donors (Lipinski definition) is 0. The van der Waals surface area contributed by atoms with E-state index in [2.05, 4.69) is 22.2 Å². The highest BCUT2D eigenvalue weighted by molar-refractivity contribution is 6.10. The van der Waals surface area contributed by atoms with Crippen molar-refractivity contribution in [3.05, 3.63) is 59.7 Å². The topological polar surface area (TPSA) is 43.3 Å². The molecule has 1 aliphatic carbocycles. The van der Waals surface area contributed by atoms with Crippen molar-refractivity contribution in [2.24, 2.45) is 11.1 Å².